The lowest BCUT2D eigenvalue weighted by Gasteiger charge is -2.31. The van der Waals surface area contributed by atoms with Gasteiger partial charge in [0.1, 0.15) is 0 Å². The Hall–Kier alpha value is -0.940. The third kappa shape index (κ3) is 10.6. The zero-order valence-corrected chi connectivity index (χ0v) is 15.9. The van der Waals surface area contributed by atoms with Gasteiger partial charge in [0.15, 0.2) is 6.29 Å². The van der Waals surface area contributed by atoms with E-state index in [9.17, 15) is 10.2 Å². The molecule has 0 spiro atoms. The molecule has 0 radical (unpaired) electrons. The average molecular weight is 354 g/mol. The van der Waals surface area contributed by atoms with Crippen LogP contribution < -0.4 is 5.73 Å². The Morgan fingerprint density at radius 2 is 1.32 bits per heavy atom. The molecule has 1 unspecified atom stereocenters. The van der Waals surface area contributed by atoms with E-state index in [-0.39, 0.29) is 11.9 Å². The number of aliphatic hydroxyl groups is 2. The van der Waals surface area contributed by atoms with Gasteiger partial charge in [-0.15, -0.1) is 0 Å². The number of aliphatic hydroxyl groups excluding tert-OH is 1. The molecule has 0 fully saturated rings. The molecule has 0 aliphatic rings. The number of hydrogen-bond donors (Lipinski definition) is 3. The number of rotatable bonds is 14. The molecule has 0 amide bonds. The molecule has 6 N–H and O–H groups in total. The summed E-state index contributed by atoms with van der Waals surface area (Å²) in [5.41, 5.74) is 6.86. The van der Waals surface area contributed by atoms with E-state index in [1.165, 1.54) is 57.8 Å². The Kier molecular flexibility index (Phi) is 13.7. The first kappa shape index (κ1) is 24.1. The minimum absolute atomic E-state index is 0. The van der Waals surface area contributed by atoms with Gasteiger partial charge in [0.2, 0.25) is 0 Å². The molecule has 4 heteroatoms. The Morgan fingerprint density at radius 3 is 1.80 bits per heavy atom. The normalized spacial score (nSPS) is 13.5. The average Bonchev–Trinajstić information content (AvgIpc) is 2.57. The van der Waals surface area contributed by atoms with Crippen molar-refractivity contribution in [1.29, 1.82) is 0 Å². The van der Waals surface area contributed by atoms with Gasteiger partial charge in [0, 0.05) is 12.0 Å². The summed E-state index contributed by atoms with van der Waals surface area (Å²) in [6, 6.07) is 9.84. The predicted octanol–water partition coefficient (Wildman–Crippen LogP) is 4.03. The second-order valence-corrected chi connectivity index (χ2v) is 7.14. The highest BCUT2D eigenvalue weighted by atomic mass is 16.5. The van der Waals surface area contributed by atoms with Crippen LogP contribution in [0.3, 0.4) is 0 Å². The van der Waals surface area contributed by atoms with Crippen LogP contribution in [0.4, 0.5) is 0 Å². The molecule has 0 saturated heterocycles. The van der Waals surface area contributed by atoms with Crippen molar-refractivity contribution in [2.75, 3.05) is 0 Å². The fourth-order valence-electron chi connectivity index (χ4n) is 3.39. The first-order valence-electron chi connectivity index (χ1n) is 9.79. The maximum atomic E-state index is 9.39. The van der Waals surface area contributed by atoms with E-state index < -0.39 is 11.8 Å². The lowest BCUT2D eigenvalue weighted by atomic mass is 9.82. The summed E-state index contributed by atoms with van der Waals surface area (Å²) in [5, 5.41) is 18.8. The van der Waals surface area contributed by atoms with E-state index in [0.717, 1.165) is 18.4 Å². The van der Waals surface area contributed by atoms with Crippen LogP contribution >= 0.6 is 0 Å². The second-order valence-electron chi connectivity index (χ2n) is 7.14. The van der Waals surface area contributed by atoms with E-state index in [1.54, 1.807) is 0 Å². The maximum absolute atomic E-state index is 9.39. The van der Waals surface area contributed by atoms with Crippen molar-refractivity contribution in [1.82, 2.24) is 0 Å². The number of nitrogens with two attached hydrogens (primary N) is 1. The van der Waals surface area contributed by atoms with Crippen LogP contribution in [0, 0.1) is 0 Å². The maximum Gasteiger partial charge on any atom is 0.153 e. The van der Waals surface area contributed by atoms with Crippen molar-refractivity contribution in [3.8, 4) is 0 Å². The molecule has 0 aliphatic heterocycles. The van der Waals surface area contributed by atoms with Gasteiger partial charge in [0.25, 0.3) is 0 Å². The molecule has 4 nitrogen and oxygen atoms in total. The Bertz CT molecular complexity index is 411. The summed E-state index contributed by atoms with van der Waals surface area (Å²) in [4.78, 5) is 0. The van der Waals surface area contributed by atoms with Crippen LogP contribution in [-0.2, 0) is 5.54 Å². The summed E-state index contributed by atoms with van der Waals surface area (Å²) >= 11 is 0. The van der Waals surface area contributed by atoms with Gasteiger partial charge in [-0.05, 0) is 12.0 Å². The number of unbranched alkanes of at least 4 members (excludes halogenated alkanes) is 9. The monoisotopic (exact) mass is 353 g/mol. The van der Waals surface area contributed by atoms with Crippen LogP contribution in [0.15, 0.2) is 30.3 Å². The van der Waals surface area contributed by atoms with E-state index >= 15 is 0 Å². The molecular formula is C21H39NO3. The summed E-state index contributed by atoms with van der Waals surface area (Å²) in [6.07, 6.45) is 12.5. The fraction of sp³-hybridized carbons (Fsp3) is 0.714. The van der Waals surface area contributed by atoms with Crippen LogP contribution in [0.25, 0.3) is 0 Å². The van der Waals surface area contributed by atoms with Crippen molar-refractivity contribution in [3.63, 3.8) is 0 Å². The highest BCUT2D eigenvalue weighted by Gasteiger charge is 2.28. The molecule has 25 heavy (non-hydrogen) atoms. The molecule has 0 saturated carbocycles. The summed E-state index contributed by atoms with van der Waals surface area (Å²) in [7, 11) is 0. The third-order valence-corrected chi connectivity index (χ3v) is 4.87. The number of benzene rings is 1. The van der Waals surface area contributed by atoms with E-state index in [2.05, 4.69) is 6.92 Å². The molecule has 0 heterocycles. The topological polar surface area (TPSA) is 98.0 Å². The van der Waals surface area contributed by atoms with Gasteiger partial charge >= 0.3 is 0 Å². The van der Waals surface area contributed by atoms with Gasteiger partial charge in [-0.1, -0.05) is 101 Å². The van der Waals surface area contributed by atoms with Gasteiger partial charge in [-0.3, -0.25) is 0 Å². The van der Waals surface area contributed by atoms with Gasteiger partial charge in [-0.25, -0.2) is 0 Å². The van der Waals surface area contributed by atoms with Gasteiger partial charge < -0.3 is 21.4 Å². The SMILES string of the molecule is CCCCCCCCCCCCC(N)(CC(O)O)c1ccccc1.O. The molecular weight excluding hydrogens is 314 g/mol. The van der Waals surface area contributed by atoms with Gasteiger partial charge in [0.05, 0.1) is 0 Å². The zero-order chi connectivity index (χ0) is 17.7. The van der Waals surface area contributed by atoms with Crippen LogP contribution in [0.1, 0.15) is 89.5 Å². The van der Waals surface area contributed by atoms with Crippen molar-refractivity contribution in [3.05, 3.63) is 35.9 Å². The van der Waals surface area contributed by atoms with E-state index in [1.807, 2.05) is 30.3 Å². The standard InChI is InChI=1S/C21H37NO2.H2O/c1-2-3-4-5-6-7-8-9-10-14-17-21(22,18-20(23)24)19-15-12-11-13-16-19;/h11-13,15-16,20,23-24H,2-10,14,17-18,22H2,1H3;1H2. The van der Waals surface area contributed by atoms with Crippen LogP contribution in [0.2, 0.25) is 0 Å². The van der Waals surface area contributed by atoms with E-state index in [0.29, 0.717) is 0 Å². The predicted molar refractivity (Wildman–Crippen MR) is 105 cm³/mol. The van der Waals surface area contributed by atoms with Crippen molar-refractivity contribution in [2.24, 2.45) is 5.73 Å². The van der Waals surface area contributed by atoms with Crippen molar-refractivity contribution >= 4 is 0 Å². The molecule has 1 atom stereocenters. The lowest BCUT2D eigenvalue weighted by molar-refractivity contribution is -0.0615. The minimum Gasteiger partial charge on any atom is -0.412 e. The smallest absolute Gasteiger partial charge is 0.153 e. The lowest BCUT2D eigenvalue weighted by Crippen LogP contribution is -2.40. The molecule has 0 bridgehead atoms. The molecule has 1 aromatic carbocycles. The molecule has 1 rings (SSSR count). The molecule has 0 aliphatic carbocycles. The first-order chi connectivity index (χ1) is 11.6. The summed E-state index contributed by atoms with van der Waals surface area (Å²) in [6.45, 7) is 2.25. The Balaban J connectivity index is 0.00000576. The minimum atomic E-state index is -1.36. The fourth-order valence-corrected chi connectivity index (χ4v) is 3.39. The molecule has 146 valence electrons. The highest BCUT2D eigenvalue weighted by molar-refractivity contribution is 5.23. The number of hydrogen-bond acceptors (Lipinski definition) is 3. The Morgan fingerprint density at radius 1 is 0.840 bits per heavy atom. The molecule has 1 aromatic rings. The summed E-state index contributed by atoms with van der Waals surface area (Å²) in [5.74, 6) is 0. The quantitative estimate of drug-likeness (QED) is 0.348. The van der Waals surface area contributed by atoms with Crippen molar-refractivity contribution in [2.45, 2.75) is 95.8 Å². The second kappa shape index (κ2) is 14.3. The largest absolute Gasteiger partial charge is 0.412 e. The summed E-state index contributed by atoms with van der Waals surface area (Å²) < 4.78 is 0. The first-order valence-corrected chi connectivity index (χ1v) is 9.79. The van der Waals surface area contributed by atoms with Gasteiger partial charge in [-0.2, -0.15) is 0 Å². The van der Waals surface area contributed by atoms with Crippen molar-refractivity contribution < 1.29 is 15.7 Å². The zero-order valence-electron chi connectivity index (χ0n) is 15.9. The Labute approximate surface area is 153 Å². The van der Waals surface area contributed by atoms with Crippen LogP contribution in [0.5, 0.6) is 0 Å². The highest BCUT2D eigenvalue weighted by Crippen LogP contribution is 2.29. The molecule has 0 aromatic heterocycles. The van der Waals surface area contributed by atoms with E-state index in [4.69, 9.17) is 5.73 Å². The van der Waals surface area contributed by atoms with Crippen LogP contribution in [-0.4, -0.2) is 22.0 Å². The third-order valence-electron chi connectivity index (χ3n) is 4.87.